The summed E-state index contributed by atoms with van der Waals surface area (Å²) < 4.78 is 11.9. The Morgan fingerprint density at radius 2 is 1.78 bits per heavy atom. The summed E-state index contributed by atoms with van der Waals surface area (Å²) in [4.78, 5) is 46.4. The van der Waals surface area contributed by atoms with Gasteiger partial charge in [0.25, 0.3) is 0 Å². The molecule has 0 aliphatic rings. The van der Waals surface area contributed by atoms with Gasteiger partial charge in [0.2, 0.25) is 0 Å². The summed E-state index contributed by atoms with van der Waals surface area (Å²) in [6.45, 7) is 2.40. The fourth-order valence-electron chi connectivity index (χ4n) is 3.18. The zero-order valence-corrected chi connectivity index (χ0v) is 18.2. The lowest BCUT2D eigenvalue weighted by Crippen LogP contribution is -2.18. The van der Waals surface area contributed by atoms with Crippen molar-refractivity contribution >= 4 is 28.5 Å². The number of ketones is 2. The van der Waals surface area contributed by atoms with E-state index >= 15 is 0 Å². The largest absolute Gasteiger partial charge is 0.461 e. The molecule has 10 heteroatoms. The topological polar surface area (TPSA) is 142 Å². The zero-order chi connectivity index (χ0) is 23.1. The van der Waals surface area contributed by atoms with Crippen LogP contribution in [-0.2, 0) is 27.3 Å². The van der Waals surface area contributed by atoms with Crippen LogP contribution in [0.25, 0.3) is 11.2 Å². The lowest BCUT2D eigenvalue weighted by atomic mass is 10.0. The van der Waals surface area contributed by atoms with E-state index in [0.717, 1.165) is 11.1 Å². The molecule has 0 spiro atoms. The second-order valence-electron chi connectivity index (χ2n) is 7.50. The first kappa shape index (κ1) is 23.1. The number of Topliss-reactive ketones (excluding diaryl/α,β-unsaturated/α-hetero) is 2. The Labute approximate surface area is 184 Å². The molecule has 0 atom stereocenters. The molecule has 0 aliphatic carbocycles. The van der Waals surface area contributed by atoms with Gasteiger partial charge >= 0.3 is 11.7 Å². The molecule has 1 aromatic carbocycles. The van der Waals surface area contributed by atoms with E-state index in [-0.39, 0.29) is 42.2 Å². The molecular formula is C22H27N5O5. The summed E-state index contributed by atoms with van der Waals surface area (Å²) in [5, 5.41) is 0. The fourth-order valence-corrected chi connectivity index (χ4v) is 3.18. The third-order valence-corrected chi connectivity index (χ3v) is 4.96. The highest BCUT2D eigenvalue weighted by atomic mass is 16.5. The summed E-state index contributed by atoms with van der Waals surface area (Å²) in [5.41, 5.74) is 8.22. The average molecular weight is 441 g/mol. The Balaban J connectivity index is 1.70. The van der Waals surface area contributed by atoms with Crippen molar-refractivity contribution < 1.29 is 19.1 Å². The SMILES string of the molecule is COCCOc1nc(N)c2[nH]c(=O)n(Cc3ccc(CCC(=O)CCC(C)=O)cc3)c2n1. The summed E-state index contributed by atoms with van der Waals surface area (Å²) in [5.74, 6) is 0.231. The van der Waals surface area contributed by atoms with Crippen molar-refractivity contribution in [3.8, 4) is 6.01 Å². The van der Waals surface area contributed by atoms with Crippen molar-refractivity contribution in [3.63, 3.8) is 0 Å². The number of hydrogen-bond acceptors (Lipinski definition) is 8. The third-order valence-electron chi connectivity index (χ3n) is 4.96. The standard InChI is InChI=1S/C22H27N5O5/c1-14(28)3-9-17(29)10-8-15-4-6-16(7-5-15)13-27-20-18(24-22(27)30)19(23)25-21(26-20)32-12-11-31-2/h4-7H,3,8-13H2,1-2H3,(H,24,30)(H2,23,25,26). The normalized spacial score (nSPS) is 11.1. The number of methoxy groups -OCH3 is 1. The molecule has 0 saturated heterocycles. The van der Waals surface area contributed by atoms with Gasteiger partial charge in [-0.1, -0.05) is 24.3 Å². The smallest absolute Gasteiger partial charge is 0.328 e. The zero-order valence-electron chi connectivity index (χ0n) is 18.2. The number of imidazole rings is 1. The second kappa shape index (κ2) is 10.7. The first-order valence-corrected chi connectivity index (χ1v) is 10.3. The molecule has 3 rings (SSSR count). The molecule has 0 aliphatic heterocycles. The Hall–Kier alpha value is -3.53. The van der Waals surface area contributed by atoms with E-state index in [9.17, 15) is 14.4 Å². The number of benzene rings is 1. The van der Waals surface area contributed by atoms with E-state index in [1.54, 1.807) is 7.11 Å². The van der Waals surface area contributed by atoms with Gasteiger partial charge < -0.3 is 25.0 Å². The number of ether oxygens (including phenoxy) is 2. The minimum atomic E-state index is -0.352. The number of carbonyl (C=O) groups excluding carboxylic acids is 2. The Morgan fingerprint density at radius 3 is 2.47 bits per heavy atom. The summed E-state index contributed by atoms with van der Waals surface area (Å²) in [6, 6.07) is 7.74. The van der Waals surface area contributed by atoms with Crippen LogP contribution in [0.3, 0.4) is 0 Å². The molecule has 0 radical (unpaired) electrons. The molecule has 0 unspecified atom stereocenters. The van der Waals surface area contributed by atoms with Crippen LogP contribution in [0.2, 0.25) is 0 Å². The van der Waals surface area contributed by atoms with E-state index < -0.39 is 0 Å². The quantitative estimate of drug-likeness (QED) is 0.404. The fraction of sp³-hybridized carbons (Fsp3) is 0.409. The number of aromatic amines is 1. The lowest BCUT2D eigenvalue weighted by Gasteiger charge is -2.07. The summed E-state index contributed by atoms with van der Waals surface area (Å²) in [6.07, 6.45) is 1.59. The van der Waals surface area contributed by atoms with Crippen LogP contribution < -0.4 is 16.2 Å². The molecule has 10 nitrogen and oxygen atoms in total. The lowest BCUT2D eigenvalue weighted by molar-refractivity contribution is -0.123. The first-order valence-electron chi connectivity index (χ1n) is 10.3. The predicted molar refractivity (Wildman–Crippen MR) is 119 cm³/mol. The monoisotopic (exact) mass is 441 g/mol. The Morgan fingerprint density at radius 1 is 1.06 bits per heavy atom. The minimum Gasteiger partial charge on any atom is -0.461 e. The molecule has 3 aromatic rings. The second-order valence-corrected chi connectivity index (χ2v) is 7.50. The van der Waals surface area contributed by atoms with Gasteiger partial charge in [0.05, 0.1) is 13.2 Å². The Bertz CT molecular complexity index is 1150. The first-order chi connectivity index (χ1) is 15.4. The number of nitrogens with zero attached hydrogens (tertiary/aromatic N) is 3. The molecule has 170 valence electrons. The highest BCUT2D eigenvalue weighted by Crippen LogP contribution is 2.19. The maximum atomic E-state index is 12.5. The van der Waals surface area contributed by atoms with E-state index in [2.05, 4.69) is 15.0 Å². The van der Waals surface area contributed by atoms with Gasteiger partial charge in [-0.2, -0.15) is 9.97 Å². The highest BCUT2D eigenvalue weighted by Gasteiger charge is 2.15. The van der Waals surface area contributed by atoms with Crippen molar-refractivity contribution in [1.29, 1.82) is 0 Å². The summed E-state index contributed by atoms with van der Waals surface area (Å²) in [7, 11) is 1.56. The van der Waals surface area contributed by atoms with Crippen molar-refractivity contribution in [3.05, 3.63) is 45.9 Å². The number of rotatable bonds is 12. The maximum Gasteiger partial charge on any atom is 0.328 e. The molecule has 2 aromatic heterocycles. The molecule has 0 amide bonds. The maximum absolute atomic E-state index is 12.5. The van der Waals surface area contributed by atoms with Crippen LogP contribution in [0.4, 0.5) is 5.82 Å². The number of fused-ring (bicyclic) bond motifs is 1. The van der Waals surface area contributed by atoms with Crippen molar-refractivity contribution in [1.82, 2.24) is 19.5 Å². The number of carbonyl (C=O) groups is 2. The molecule has 3 N–H and O–H groups in total. The number of hydrogen-bond donors (Lipinski definition) is 2. The molecule has 0 fully saturated rings. The van der Waals surface area contributed by atoms with E-state index in [4.69, 9.17) is 15.2 Å². The van der Waals surface area contributed by atoms with Gasteiger partial charge in [0.15, 0.2) is 11.5 Å². The van der Waals surface area contributed by atoms with Gasteiger partial charge in [-0.3, -0.25) is 9.36 Å². The number of nitrogens with one attached hydrogen (secondary N) is 1. The van der Waals surface area contributed by atoms with E-state index in [1.807, 2.05) is 24.3 Å². The molecule has 32 heavy (non-hydrogen) atoms. The molecule has 0 saturated carbocycles. The minimum absolute atomic E-state index is 0.0240. The van der Waals surface area contributed by atoms with Gasteiger partial charge in [-0.25, -0.2) is 4.79 Å². The van der Waals surface area contributed by atoms with E-state index in [1.165, 1.54) is 11.5 Å². The predicted octanol–water partition coefficient (Wildman–Crippen LogP) is 1.65. The Kier molecular flexibility index (Phi) is 7.72. The van der Waals surface area contributed by atoms with Gasteiger partial charge in [-0.05, 0) is 24.5 Å². The number of H-pyrrole nitrogens is 1. The highest BCUT2D eigenvalue weighted by molar-refractivity contribution is 5.85. The third kappa shape index (κ3) is 6.01. The van der Waals surface area contributed by atoms with Crippen molar-refractivity contribution in [2.24, 2.45) is 0 Å². The van der Waals surface area contributed by atoms with Crippen molar-refractivity contribution in [2.45, 2.75) is 39.2 Å². The van der Waals surface area contributed by atoms with Gasteiger partial charge in [0, 0.05) is 26.4 Å². The molecule has 2 heterocycles. The number of anilines is 1. The van der Waals surface area contributed by atoms with Crippen LogP contribution in [-0.4, -0.2) is 51.4 Å². The van der Waals surface area contributed by atoms with Gasteiger partial charge in [-0.15, -0.1) is 0 Å². The van der Waals surface area contributed by atoms with Crippen LogP contribution >= 0.6 is 0 Å². The number of aryl methyl sites for hydroxylation is 1. The number of aromatic nitrogens is 4. The van der Waals surface area contributed by atoms with Crippen LogP contribution in [0.15, 0.2) is 29.1 Å². The summed E-state index contributed by atoms with van der Waals surface area (Å²) >= 11 is 0. The van der Waals surface area contributed by atoms with Crippen molar-refractivity contribution in [2.75, 3.05) is 26.1 Å². The van der Waals surface area contributed by atoms with E-state index in [0.29, 0.717) is 43.5 Å². The molecular weight excluding hydrogens is 414 g/mol. The van der Waals surface area contributed by atoms with Gasteiger partial charge in [0.1, 0.15) is 23.7 Å². The number of nitrogens with two attached hydrogens (primary N) is 1. The molecule has 0 bridgehead atoms. The van der Waals surface area contributed by atoms with Crippen LogP contribution in [0.1, 0.15) is 37.3 Å². The number of nitrogen functional groups attached to an aromatic ring is 1. The van der Waals surface area contributed by atoms with Crippen LogP contribution in [0.5, 0.6) is 6.01 Å². The average Bonchev–Trinajstić information content (AvgIpc) is 3.08. The van der Waals surface area contributed by atoms with Crippen LogP contribution in [0, 0.1) is 0 Å².